The summed E-state index contributed by atoms with van der Waals surface area (Å²) < 4.78 is 5.65. The van der Waals surface area contributed by atoms with Crippen LogP contribution in [-0.4, -0.2) is 41.2 Å². The first-order chi connectivity index (χ1) is 10.2. The highest BCUT2D eigenvalue weighted by molar-refractivity contribution is 5.39. The first-order valence-electron chi connectivity index (χ1n) is 7.71. The molecule has 1 aromatic rings. The third-order valence-electron chi connectivity index (χ3n) is 3.29. The summed E-state index contributed by atoms with van der Waals surface area (Å²) in [6.45, 7) is 11.4. The van der Waals surface area contributed by atoms with Gasteiger partial charge in [-0.15, -0.1) is 6.58 Å². The third-order valence-corrected chi connectivity index (χ3v) is 3.29. The second-order valence-electron chi connectivity index (χ2n) is 5.42. The number of nitrogens with zero attached hydrogens (tertiary/aromatic N) is 4. The van der Waals surface area contributed by atoms with E-state index in [1.165, 1.54) is 12.8 Å². The topological polar surface area (TPSA) is 63.2 Å². The molecule has 21 heavy (non-hydrogen) atoms. The van der Waals surface area contributed by atoms with Crippen LogP contribution >= 0.6 is 0 Å². The molecule has 2 rings (SSSR count). The summed E-state index contributed by atoms with van der Waals surface area (Å²) in [6.07, 6.45) is 4.21. The van der Waals surface area contributed by atoms with Gasteiger partial charge in [-0.1, -0.05) is 12.5 Å². The molecule has 0 bridgehead atoms. The Morgan fingerprint density at radius 2 is 2.05 bits per heavy atom. The fraction of sp³-hybridized carbons (Fsp3) is 0.667. The van der Waals surface area contributed by atoms with Crippen molar-refractivity contribution in [3.8, 4) is 6.01 Å². The normalized spacial score (nSPS) is 14.3. The van der Waals surface area contributed by atoms with E-state index < -0.39 is 0 Å². The Morgan fingerprint density at radius 3 is 2.71 bits per heavy atom. The van der Waals surface area contributed by atoms with E-state index in [1.807, 2.05) is 6.92 Å². The van der Waals surface area contributed by atoms with E-state index >= 15 is 0 Å². The van der Waals surface area contributed by atoms with Gasteiger partial charge in [0, 0.05) is 26.1 Å². The van der Waals surface area contributed by atoms with E-state index in [0.717, 1.165) is 38.0 Å². The molecule has 1 saturated heterocycles. The van der Waals surface area contributed by atoms with Gasteiger partial charge in [0.2, 0.25) is 11.9 Å². The standard InChI is InChI=1S/C15H25N5O/c1-4-8-16-13-17-14(20-9-5-6-10-20)19-15(18-13)21-11-7-12(2)3/h2,4-11H2,1,3H3,(H,16,17,18,19). The summed E-state index contributed by atoms with van der Waals surface area (Å²) in [5, 5.41) is 3.21. The van der Waals surface area contributed by atoms with Crippen LogP contribution in [0.25, 0.3) is 0 Å². The first-order valence-corrected chi connectivity index (χ1v) is 7.71. The monoisotopic (exact) mass is 291 g/mol. The Labute approximate surface area is 126 Å². The van der Waals surface area contributed by atoms with Crippen LogP contribution in [0.1, 0.15) is 39.5 Å². The molecule has 0 aliphatic carbocycles. The van der Waals surface area contributed by atoms with Gasteiger partial charge in [0.25, 0.3) is 0 Å². The fourth-order valence-corrected chi connectivity index (χ4v) is 2.10. The second-order valence-corrected chi connectivity index (χ2v) is 5.42. The molecule has 1 aliphatic rings. The molecular weight excluding hydrogens is 266 g/mol. The van der Waals surface area contributed by atoms with Crippen molar-refractivity contribution in [3.63, 3.8) is 0 Å². The third kappa shape index (κ3) is 4.88. The van der Waals surface area contributed by atoms with Gasteiger partial charge in [0.1, 0.15) is 0 Å². The first kappa shape index (κ1) is 15.5. The van der Waals surface area contributed by atoms with Crippen molar-refractivity contribution in [2.75, 3.05) is 36.5 Å². The molecule has 0 radical (unpaired) electrons. The molecular formula is C15H25N5O. The van der Waals surface area contributed by atoms with E-state index in [9.17, 15) is 0 Å². The van der Waals surface area contributed by atoms with Gasteiger partial charge in [-0.3, -0.25) is 0 Å². The Balaban J connectivity index is 2.09. The van der Waals surface area contributed by atoms with Crippen LogP contribution in [-0.2, 0) is 0 Å². The number of ether oxygens (including phenoxy) is 1. The Kier molecular flexibility index (Phi) is 5.78. The maximum absolute atomic E-state index is 5.65. The zero-order valence-electron chi connectivity index (χ0n) is 13.1. The molecule has 0 amide bonds. The van der Waals surface area contributed by atoms with E-state index in [2.05, 4.69) is 38.7 Å². The molecule has 0 atom stereocenters. The van der Waals surface area contributed by atoms with Gasteiger partial charge < -0.3 is 15.0 Å². The van der Waals surface area contributed by atoms with Gasteiger partial charge in [0.05, 0.1) is 6.61 Å². The maximum Gasteiger partial charge on any atom is 0.323 e. The molecule has 2 heterocycles. The molecule has 6 nitrogen and oxygen atoms in total. The highest BCUT2D eigenvalue weighted by Gasteiger charge is 2.17. The summed E-state index contributed by atoms with van der Waals surface area (Å²) in [5.74, 6) is 1.31. The minimum Gasteiger partial charge on any atom is -0.463 e. The molecule has 0 aromatic carbocycles. The fourth-order valence-electron chi connectivity index (χ4n) is 2.10. The quantitative estimate of drug-likeness (QED) is 0.743. The van der Waals surface area contributed by atoms with Crippen LogP contribution in [0.2, 0.25) is 0 Å². The van der Waals surface area contributed by atoms with Gasteiger partial charge in [-0.2, -0.15) is 15.0 Å². The Morgan fingerprint density at radius 1 is 1.29 bits per heavy atom. The summed E-state index contributed by atoms with van der Waals surface area (Å²) in [5.41, 5.74) is 1.09. The molecule has 1 fully saturated rings. The number of rotatable bonds is 8. The van der Waals surface area contributed by atoms with Crippen LogP contribution in [0.5, 0.6) is 6.01 Å². The smallest absolute Gasteiger partial charge is 0.323 e. The summed E-state index contributed by atoms with van der Waals surface area (Å²) >= 11 is 0. The van der Waals surface area contributed by atoms with Gasteiger partial charge in [-0.05, 0) is 26.2 Å². The lowest BCUT2D eigenvalue weighted by atomic mass is 10.3. The maximum atomic E-state index is 5.65. The largest absolute Gasteiger partial charge is 0.463 e. The van der Waals surface area contributed by atoms with Crippen molar-refractivity contribution in [1.29, 1.82) is 0 Å². The average Bonchev–Trinajstić information content (AvgIpc) is 2.99. The van der Waals surface area contributed by atoms with E-state index in [-0.39, 0.29) is 0 Å². The predicted octanol–water partition coefficient (Wildman–Crippen LogP) is 2.64. The van der Waals surface area contributed by atoms with Crippen molar-refractivity contribution in [1.82, 2.24) is 15.0 Å². The lowest BCUT2D eigenvalue weighted by Gasteiger charge is -2.16. The molecule has 6 heteroatoms. The van der Waals surface area contributed by atoms with Crippen molar-refractivity contribution < 1.29 is 4.74 Å². The predicted molar refractivity (Wildman–Crippen MR) is 85.0 cm³/mol. The molecule has 1 aromatic heterocycles. The van der Waals surface area contributed by atoms with Crippen molar-refractivity contribution >= 4 is 11.9 Å². The molecule has 0 saturated carbocycles. The number of anilines is 2. The van der Waals surface area contributed by atoms with Crippen LogP contribution < -0.4 is 15.0 Å². The molecule has 116 valence electrons. The van der Waals surface area contributed by atoms with E-state index in [4.69, 9.17) is 4.74 Å². The molecule has 0 unspecified atom stereocenters. The van der Waals surface area contributed by atoms with Crippen molar-refractivity contribution in [2.24, 2.45) is 0 Å². The number of hydrogen-bond donors (Lipinski definition) is 1. The van der Waals surface area contributed by atoms with Crippen molar-refractivity contribution in [3.05, 3.63) is 12.2 Å². The van der Waals surface area contributed by atoms with Gasteiger partial charge in [0.15, 0.2) is 0 Å². The minimum absolute atomic E-state index is 0.395. The number of hydrogen-bond acceptors (Lipinski definition) is 6. The van der Waals surface area contributed by atoms with Crippen LogP contribution in [0.4, 0.5) is 11.9 Å². The Bertz CT molecular complexity index is 471. The SMILES string of the molecule is C=C(C)CCOc1nc(NCCC)nc(N2CCCC2)n1. The highest BCUT2D eigenvalue weighted by atomic mass is 16.5. The van der Waals surface area contributed by atoms with Gasteiger partial charge in [-0.25, -0.2) is 0 Å². The average molecular weight is 291 g/mol. The number of aromatic nitrogens is 3. The van der Waals surface area contributed by atoms with E-state index in [0.29, 0.717) is 24.5 Å². The minimum atomic E-state index is 0.395. The molecule has 1 N–H and O–H groups in total. The lowest BCUT2D eigenvalue weighted by molar-refractivity contribution is 0.295. The zero-order chi connectivity index (χ0) is 15.1. The summed E-state index contributed by atoms with van der Waals surface area (Å²) in [6, 6.07) is 0.395. The van der Waals surface area contributed by atoms with Crippen LogP contribution in [0, 0.1) is 0 Å². The van der Waals surface area contributed by atoms with Crippen molar-refractivity contribution in [2.45, 2.75) is 39.5 Å². The lowest BCUT2D eigenvalue weighted by Crippen LogP contribution is -2.22. The molecule has 1 aliphatic heterocycles. The number of nitrogens with one attached hydrogen (secondary N) is 1. The second kappa shape index (κ2) is 7.81. The summed E-state index contributed by atoms with van der Waals surface area (Å²) in [7, 11) is 0. The van der Waals surface area contributed by atoms with Crippen LogP contribution in [0.3, 0.4) is 0 Å². The highest BCUT2D eigenvalue weighted by Crippen LogP contribution is 2.19. The summed E-state index contributed by atoms with van der Waals surface area (Å²) in [4.78, 5) is 15.4. The zero-order valence-corrected chi connectivity index (χ0v) is 13.1. The van der Waals surface area contributed by atoms with E-state index in [1.54, 1.807) is 0 Å². The van der Waals surface area contributed by atoms with Crippen LogP contribution in [0.15, 0.2) is 12.2 Å². The Hall–Kier alpha value is -1.85. The van der Waals surface area contributed by atoms with Gasteiger partial charge >= 0.3 is 6.01 Å². The molecule has 0 spiro atoms.